The Kier molecular flexibility index (Phi) is 12.0. The van der Waals surface area contributed by atoms with Crippen LogP contribution in [0.1, 0.15) is 68.9 Å². The third-order valence-electron chi connectivity index (χ3n) is 9.61. The van der Waals surface area contributed by atoms with E-state index >= 15 is 0 Å². The molecular weight excluding hydrogens is 597 g/mol. The largest absolute Gasteiger partial charge is 0.507 e. The molecule has 0 saturated carbocycles. The number of hydrogen-bond acceptors (Lipinski definition) is 2. The number of phenols is 2. The van der Waals surface area contributed by atoms with Gasteiger partial charge in [-0.3, -0.25) is 0 Å². The van der Waals surface area contributed by atoms with Gasteiger partial charge in [0, 0.05) is 22.3 Å². The van der Waals surface area contributed by atoms with Crippen LogP contribution in [0.3, 0.4) is 0 Å². The minimum Gasteiger partial charge on any atom is -0.507 e. The molecule has 0 unspecified atom stereocenters. The van der Waals surface area contributed by atoms with Gasteiger partial charge in [-0.1, -0.05) is 166 Å². The Hall–Kier alpha value is -5.08. The molecule has 6 aromatic carbocycles. The fourth-order valence-electron chi connectivity index (χ4n) is 6.92. The number of unbranched alkanes of at least 4 members (excludes halogenated alkanes) is 8. The van der Waals surface area contributed by atoms with Gasteiger partial charge in [-0.15, -0.1) is 0 Å². The molecule has 248 valence electrons. The summed E-state index contributed by atoms with van der Waals surface area (Å²) in [4.78, 5) is 0. The topological polar surface area (TPSA) is 40.5 Å². The van der Waals surface area contributed by atoms with Gasteiger partial charge in [0.05, 0.1) is 0 Å². The fraction of sp³-hybridized carbons (Fsp3) is 0.234. The molecule has 2 heteroatoms. The molecule has 0 amide bonds. The second-order valence-corrected chi connectivity index (χ2v) is 13.2. The number of aromatic hydroxyl groups is 2. The van der Waals surface area contributed by atoms with E-state index in [1.54, 1.807) is 0 Å². The summed E-state index contributed by atoms with van der Waals surface area (Å²) < 4.78 is 0. The molecule has 0 aliphatic rings. The Labute approximate surface area is 292 Å². The predicted molar refractivity (Wildman–Crippen MR) is 207 cm³/mol. The van der Waals surface area contributed by atoms with E-state index in [1.807, 2.05) is 72.8 Å². The van der Waals surface area contributed by atoms with Crippen molar-refractivity contribution in [2.45, 2.75) is 70.6 Å². The summed E-state index contributed by atoms with van der Waals surface area (Å²) in [6.45, 7) is 0. The highest BCUT2D eigenvalue weighted by Gasteiger charge is 2.15. The molecule has 0 aromatic heterocycles. The predicted octanol–water partition coefficient (Wildman–Crippen LogP) is 13.1. The van der Waals surface area contributed by atoms with Crippen molar-refractivity contribution in [1.82, 2.24) is 0 Å². The Morgan fingerprint density at radius 1 is 0.286 bits per heavy atom. The monoisotopic (exact) mass is 644 g/mol. The molecular formula is C47H48O2. The molecule has 49 heavy (non-hydrogen) atoms. The van der Waals surface area contributed by atoms with Crippen molar-refractivity contribution in [3.8, 4) is 56.0 Å². The summed E-state index contributed by atoms with van der Waals surface area (Å²) in [5.74, 6) is 0.719. The minimum atomic E-state index is 0.359. The number of phenolic OH excluding ortho intramolecular Hbond substituents is 2. The van der Waals surface area contributed by atoms with Gasteiger partial charge in [0.25, 0.3) is 0 Å². The van der Waals surface area contributed by atoms with Crippen LogP contribution in [-0.2, 0) is 12.8 Å². The van der Waals surface area contributed by atoms with Crippen molar-refractivity contribution in [3.05, 3.63) is 157 Å². The first-order valence-corrected chi connectivity index (χ1v) is 18.1. The van der Waals surface area contributed by atoms with Crippen molar-refractivity contribution < 1.29 is 10.2 Å². The van der Waals surface area contributed by atoms with Gasteiger partial charge in [-0.05, 0) is 83.3 Å². The molecule has 0 aliphatic carbocycles. The number of rotatable bonds is 16. The summed E-state index contributed by atoms with van der Waals surface area (Å²) in [5, 5.41) is 22.5. The smallest absolute Gasteiger partial charge is 0.131 e. The van der Waals surface area contributed by atoms with E-state index in [1.165, 1.54) is 56.1 Å². The summed E-state index contributed by atoms with van der Waals surface area (Å²) in [6.07, 6.45) is 13.3. The van der Waals surface area contributed by atoms with Gasteiger partial charge in [0.2, 0.25) is 0 Å². The maximum atomic E-state index is 11.2. The zero-order valence-electron chi connectivity index (χ0n) is 28.5. The number of aryl methyl sites for hydroxylation is 2. The number of benzene rings is 6. The van der Waals surface area contributed by atoms with E-state index in [2.05, 4.69) is 72.8 Å². The minimum absolute atomic E-state index is 0.359. The van der Waals surface area contributed by atoms with Crippen LogP contribution in [-0.4, -0.2) is 10.2 Å². The lowest BCUT2D eigenvalue weighted by molar-refractivity contribution is 0.478. The van der Waals surface area contributed by atoms with Crippen molar-refractivity contribution in [3.63, 3.8) is 0 Å². The molecule has 2 nitrogen and oxygen atoms in total. The van der Waals surface area contributed by atoms with Crippen molar-refractivity contribution in [2.75, 3.05) is 0 Å². The van der Waals surface area contributed by atoms with E-state index in [-0.39, 0.29) is 0 Å². The van der Waals surface area contributed by atoms with E-state index in [0.717, 1.165) is 70.2 Å². The molecule has 0 heterocycles. The van der Waals surface area contributed by atoms with Gasteiger partial charge >= 0.3 is 0 Å². The average molecular weight is 645 g/mol. The normalized spacial score (nSPS) is 11.1. The second-order valence-electron chi connectivity index (χ2n) is 13.2. The van der Waals surface area contributed by atoms with Crippen molar-refractivity contribution in [2.24, 2.45) is 0 Å². The quantitative estimate of drug-likeness (QED) is 0.103. The van der Waals surface area contributed by atoms with Gasteiger partial charge in [-0.25, -0.2) is 0 Å². The standard InChI is InChI=1S/C47H48O2/c48-46-42(38-24-14-8-15-25-38)32-36(33-43(46)39-26-16-9-17-27-39)22-12-6-4-2-1-3-5-7-13-23-37-34-44(40-28-18-10-19-29-40)47(49)45(35-37)41-30-20-11-21-31-41/h8-11,14-21,24-35,48-49H,1-7,12-13,22-23H2. The second kappa shape index (κ2) is 17.4. The van der Waals surface area contributed by atoms with E-state index in [4.69, 9.17) is 0 Å². The van der Waals surface area contributed by atoms with Gasteiger partial charge in [0.15, 0.2) is 0 Å². The van der Waals surface area contributed by atoms with E-state index in [0.29, 0.717) is 11.5 Å². The first-order chi connectivity index (χ1) is 24.2. The molecule has 0 fully saturated rings. The third-order valence-corrected chi connectivity index (χ3v) is 9.61. The molecule has 2 N–H and O–H groups in total. The maximum absolute atomic E-state index is 11.2. The van der Waals surface area contributed by atoms with Crippen molar-refractivity contribution in [1.29, 1.82) is 0 Å². The molecule has 0 radical (unpaired) electrons. The lowest BCUT2D eigenvalue weighted by atomic mass is 9.92. The molecule has 0 atom stereocenters. The zero-order valence-corrected chi connectivity index (χ0v) is 28.5. The van der Waals surface area contributed by atoms with E-state index in [9.17, 15) is 10.2 Å². The summed E-state index contributed by atoms with van der Waals surface area (Å²) in [5.41, 5.74) is 10.4. The lowest BCUT2D eigenvalue weighted by Gasteiger charge is -2.14. The van der Waals surface area contributed by atoms with Crippen LogP contribution < -0.4 is 0 Å². The van der Waals surface area contributed by atoms with Crippen LogP contribution in [0.5, 0.6) is 11.5 Å². The summed E-state index contributed by atoms with van der Waals surface area (Å²) in [6, 6.07) is 49.6. The number of hydrogen-bond donors (Lipinski definition) is 2. The molecule has 0 bridgehead atoms. The summed E-state index contributed by atoms with van der Waals surface area (Å²) >= 11 is 0. The lowest BCUT2D eigenvalue weighted by Crippen LogP contribution is -1.92. The fourth-order valence-corrected chi connectivity index (χ4v) is 6.92. The SMILES string of the molecule is Oc1c(-c2ccccc2)cc(CCCCCCCCCCCc2cc(-c3ccccc3)c(O)c(-c3ccccc3)c2)cc1-c1ccccc1. The van der Waals surface area contributed by atoms with Crippen LogP contribution in [0.2, 0.25) is 0 Å². The molecule has 0 aliphatic heterocycles. The van der Waals surface area contributed by atoms with Crippen LogP contribution in [0.25, 0.3) is 44.5 Å². The highest BCUT2D eigenvalue weighted by molar-refractivity contribution is 5.84. The Morgan fingerprint density at radius 2 is 0.510 bits per heavy atom. The molecule has 6 aromatic rings. The maximum Gasteiger partial charge on any atom is 0.131 e. The van der Waals surface area contributed by atoms with Gasteiger partial charge in [0.1, 0.15) is 11.5 Å². The van der Waals surface area contributed by atoms with Crippen LogP contribution in [0.15, 0.2) is 146 Å². The third kappa shape index (κ3) is 9.09. The molecule has 0 saturated heterocycles. The molecule has 0 spiro atoms. The Balaban J connectivity index is 0.946. The highest BCUT2D eigenvalue weighted by Crippen LogP contribution is 2.41. The Morgan fingerprint density at radius 3 is 0.755 bits per heavy atom. The Bertz CT molecular complexity index is 1620. The van der Waals surface area contributed by atoms with Crippen LogP contribution in [0.4, 0.5) is 0 Å². The van der Waals surface area contributed by atoms with E-state index < -0.39 is 0 Å². The highest BCUT2D eigenvalue weighted by atomic mass is 16.3. The van der Waals surface area contributed by atoms with Crippen molar-refractivity contribution >= 4 is 0 Å². The van der Waals surface area contributed by atoms with Gasteiger partial charge in [-0.2, -0.15) is 0 Å². The first kappa shape index (κ1) is 33.8. The average Bonchev–Trinajstić information content (AvgIpc) is 3.16. The summed E-state index contributed by atoms with van der Waals surface area (Å²) in [7, 11) is 0. The molecule has 6 rings (SSSR count). The van der Waals surface area contributed by atoms with Crippen LogP contribution in [0, 0.1) is 0 Å². The van der Waals surface area contributed by atoms with Gasteiger partial charge < -0.3 is 10.2 Å². The van der Waals surface area contributed by atoms with Crippen LogP contribution >= 0.6 is 0 Å². The zero-order chi connectivity index (χ0) is 33.7. The first-order valence-electron chi connectivity index (χ1n) is 18.1.